The van der Waals surface area contributed by atoms with Crippen LogP contribution in [0, 0.1) is 5.92 Å². The molecule has 1 heterocycles. The van der Waals surface area contributed by atoms with Gasteiger partial charge in [0.2, 0.25) is 0 Å². The van der Waals surface area contributed by atoms with Crippen LogP contribution in [-0.4, -0.2) is 48.8 Å². The fraction of sp³-hybridized carbons (Fsp3) is 1.00. The predicted molar refractivity (Wildman–Crippen MR) is 57.3 cm³/mol. The maximum Gasteiger partial charge on any atom is 0.0443 e. The van der Waals surface area contributed by atoms with E-state index in [1.807, 2.05) is 0 Å². The van der Waals surface area contributed by atoms with Gasteiger partial charge in [-0.05, 0) is 38.1 Å². The molecule has 0 spiro atoms. The maximum atomic E-state index is 8.67. The lowest BCUT2D eigenvalue weighted by Crippen LogP contribution is -2.48. The molecule has 82 valence electrons. The summed E-state index contributed by atoms with van der Waals surface area (Å²) >= 11 is 0. The Balaban J connectivity index is 1.42. The third kappa shape index (κ3) is 3.23. The quantitative estimate of drug-likeness (QED) is 0.623. The monoisotopic (exact) mass is 198 g/mol. The average Bonchev–Trinajstić information content (AvgIpc) is 2.91. The summed E-state index contributed by atoms with van der Waals surface area (Å²) in [5.41, 5.74) is 0. The van der Waals surface area contributed by atoms with Crippen molar-refractivity contribution in [1.82, 2.24) is 10.2 Å². The van der Waals surface area contributed by atoms with Crippen LogP contribution in [0.15, 0.2) is 0 Å². The molecular weight excluding hydrogens is 176 g/mol. The van der Waals surface area contributed by atoms with Gasteiger partial charge in [-0.1, -0.05) is 0 Å². The van der Waals surface area contributed by atoms with Gasteiger partial charge in [0.05, 0.1) is 0 Å². The Bertz CT molecular complexity index is 165. The van der Waals surface area contributed by atoms with Gasteiger partial charge in [-0.25, -0.2) is 0 Å². The van der Waals surface area contributed by atoms with Crippen LogP contribution in [0.25, 0.3) is 0 Å². The summed E-state index contributed by atoms with van der Waals surface area (Å²) < 4.78 is 0. The van der Waals surface area contributed by atoms with E-state index in [0.717, 1.165) is 24.9 Å². The lowest BCUT2D eigenvalue weighted by atomic mass is 9.96. The molecule has 1 saturated carbocycles. The van der Waals surface area contributed by atoms with Gasteiger partial charge >= 0.3 is 0 Å². The van der Waals surface area contributed by atoms with Crippen molar-refractivity contribution in [3.63, 3.8) is 0 Å². The van der Waals surface area contributed by atoms with E-state index in [4.69, 9.17) is 5.11 Å². The molecule has 0 aromatic carbocycles. The lowest BCUT2D eigenvalue weighted by molar-refractivity contribution is 0.0861. The number of rotatable bonds is 7. The first-order chi connectivity index (χ1) is 6.88. The third-order valence-electron chi connectivity index (χ3n) is 3.23. The molecule has 3 heteroatoms. The summed E-state index contributed by atoms with van der Waals surface area (Å²) in [4.78, 5) is 2.44. The molecule has 1 saturated heterocycles. The van der Waals surface area contributed by atoms with E-state index in [9.17, 15) is 0 Å². The molecule has 2 rings (SSSR count). The van der Waals surface area contributed by atoms with E-state index in [1.165, 1.54) is 38.9 Å². The summed E-state index contributed by atoms with van der Waals surface area (Å²) in [6.45, 7) is 5.15. The van der Waals surface area contributed by atoms with Gasteiger partial charge in [-0.15, -0.1) is 0 Å². The minimum absolute atomic E-state index is 0.338. The highest BCUT2D eigenvalue weighted by Crippen LogP contribution is 2.21. The van der Waals surface area contributed by atoms with E-state index in [-0.39, 0.29) is 0 Å². The van der Waals surface area contributed by atoms with Gasteiger partial charge in [-0.2, -0.15) is 0 Å². The number of aliphatic hydroxyl groups excluding tert-OH is 1. The number of hydrogen-bond donors (Lipinski definition) is 2. The molecule has 0 atom stereocenters. The van der Waals surface area contributed by atoms with Crippen molar-refractivity contribution in [1.29, 1.82) is 0 Å². The lowest BCUT2D eigenvalue weighted by Gasteiger charge is -2.39. The van der Waals surface area contributed by atoms with Crippen molar-refractivity contribution in [2.24, 2.45) is 5.92 Å². The molecule has 0 aromatic rings. The van der Waals surface area contributed by atoms with Crippen LogP contribution in [-0.2, 0) is 0 Å². The number of hydrogen-bond acceptors (Lipinski definition) is 3. The number of likely N-dealkylation sites (tertiary alicyclic amines) is 1. The standard InChI is InChI=1S/C11H22N2O/c14-7-1-6-13-8-10(9-13)4-5-12-11-2-3-11/h10-12,14H,1-9H2. The zero-order chi connectivity index (χ0) is 9.80. The largest absolute Gasteiger partial charge is 0.396 e. The van der Waals surface area contributed by atoms with Crippen molar-refractivity contribution < 1.29 is 5.11 Å². The number of nitrogens with zero attached hydrogens (tertiary/aromatic N) is 1. The molecule has 0 radical (unpaired) electrons. The van der Waals surface area contributed by atoms with Gasteiger partial charge in [-0.3, -0.25) is 0 Å². The molecule has 0 bridgehead atoms. The van der Waals surface area contributed by atoms with E-state index in [2.05, 4.69) is 10.2 Å². The second-order valence-corrected chi connectivity index (χ2v) is 4.72. The summed E-state index contributed by atoms with van der Waals surface area (Å²) in [5, 5.41) is 12.2. The molecule has 0 amide bonds. The first-order valence-electron chi connectivity index (χ1n) is 5.95. The molecule has 14 heavy (non-hydrogen) atoms. The molecule has 0 unspecified atom stereocenters. The van der Waals surface area contributed by atoms with Crippen molar-refractivity contribution in [3.05, 3.63) is 0 Å². The average molecular weight is 198 g/mol. The second-order valence-electron chi connectivity index (χ2n) is 4.72. The van der Waals surface area contributed by atoms with Crippen LogP contribution in [0.1, 0.15) is 25.7 Å². The molecule has 0 aromatic heterocycles. The Labute approximate surface area is 86.5 Å². The van der Waals surface area contributed by atoms with E-state index >= 15 is 0 Å². The Kier molecular flexibility index (Phi) is 3.79. The first kappa shape index (κ1) is 10.4. The van der Waals surface area contributed by atoms with E-state index < -0.39 is 0 Å². The molecule has 2 aliphatic rings. The maximum absolute atomic E-state index is 8.67. The highest BCUT2D eigenvalue weighted by molar-refractivity contribution is 4.83. The van der Waals surface area contributed by atoms with Crippen LogP contribution in [0.3, 0.4) is 0 Å². The predicted octanol–water partition coefficient (Wildman–Crippen LogP) is 0.443. The topological polar surface area (TPSA) is 35.5 Å². The van der Waals surface area contributed by atoms with Gasteiger partial charge in [0.15, 0.2) is 0 Å². The molecule has 2 fully saturated rings. The van der Waals surface area contributed by atoms with Crippen LogP contribution >= 0.6 is 0 Å². The van der Waals surface area contributed by atoms with Gasteiger partial charge < -0.3 is 15.3 Å². The number of aliphatic hydroxyl groups is 1. The second kappa shape index (κ2) is 5.10. The Hall–Kier alpha value is -0.120. The fourth-order valence-electron chi connectivity index (χ4n) is 2.12. The number of nitrogens with one attached hydrogen (secondary N) is 1. The molecule has 1 aliphatic heterocycles. The minimum atomic E-state index is 0.338. The smallest absolute Gasteiger partial charge is 0.0443 e. The molecule has 1 aliphatic carbocycles. The van der Waals surface area contributed by atoms with E-state index in [0.29, 0.717) is 6.61 Å². The highest BCUT2D eigenvalue weighted by Gasteiger charge is 2.26. The molecular formula is C11H22N2O. The van der Waals surface area contributed by atoms with Crippen LogP contribution in [0.5, 0.6) is 0 Å². The zero-order valence-electron chi connectivity index (χ0n) is 8.91. The molecule has 2 N–H and O–H groups in total. The van der Waals surface area contributed by atoms with Gasteiger partial charge in [0, 0.05) is 32.3 Å². The summed E-state index contributed by atoms with van der Waals surface area (Å²) in [7, 11) is 0. The normalized spacial score (nSPS) is 23.8. The summed E-state index contributed by atoms with van der Waals surface area (Å²) in [6.07, 6.45) is 5.07. The first-order valence-corrected chi connectivity index (χ1v) is 5.95. The summed E-state index contributed by atoms with van der Waals surface area (Å²) in [6, 6.07) is 0.862. The van der Waals surface area contributed by atoms with Crippen LogP contribution in [0.4, 0.5) is 0 Å². The molecule has 3 nitrogen and oxygen atoms in total. The highest BCUT2D eigenvalue weighted by atomic mass is 16.3. The van der Waals surface area contributed by atoms with Crippen molar-refractivity contribution >= 4 is 0 Å². The van der Waals surface area contributed by atoms with Crippen LogP contribution < -0.4 is 5.32 Å². The summed E-state index contributed by atoms with van der Waals surface area (Å²) in [5.74, 6) is 0.917. The van der Waals surface area contributed by atoms with Gasteiger partial charge in [0.25, 0.3) is 0 Å². The fourth-order valence-corrected chi connectivity index (χ4v) is 2.12. The third-order valence-corrected chi connectivity index (χ3v) is 3.23. The van der Waals surface area contributed by atoms with Crippen molar-refractivity contribution in [2.45, 2.75) is 31.7 Å². The minimum Gasteiger partial charge on any atom is -0.396 e. The SMILES string of the molecule is OCCCN1CC(CCNC2CC2)C1. The van der Waals surface area contributed by atoms with Crippen molar-refractivity contribution in [2.75, 3.05) is 32.8 Å². The zero-order valence-corrected chi connectivity index (χ0v) is 8.91. The van der Waals surface area contributed by atoms with Crippen molar-refractivity contribution in [3.8, 4) is 0 Å². The Morgan fingerprint density at radius 1 is 1.29 bits per heavy atom. The Morgan fingerprint density at radius 3 is 2.71 bits per heavy atom. The van der Waals surface area contributed by atoms with Gasteiger partial charge in [0.1, 0.15) is 0 Å². The van der Waals surface area contributed by atoms with E-state index in [1.54, 1.807) is 0 Å². The van der Waals surface area contributed by atoms with Crippen LogP contribution in [0.2, 0.25) is 0 Å². The Morgan fingerprint density at radius 2 is 2.07 bits per heavy atom.